The zero-order valence-electron chi connectivity index (χ0n) is 9.66. The van der Waals surface area contributed by atoms with E-state index in [0.29, 0.717) is 24.1 Å². The molecule has 1 aromatic rings. The van der Waals surface area contributed by atoms with Crippen LogP contribution in [0.15, 0.2) is 22.7 Å². The number of aliphatic hydroxyl groups is 1. The average molecular weight is 307 g/mol. The Hall–Kier alpha value is -0.490. The average Bonchev–Trinajstić information content (AvgIpc) is 2.31. The van der Waals surface area contributed by atoms with E-state index in [4.69, 9.17) is 9.47 Å². The van der Waals surface area contributed by atoms with Crippen molar-refractivity contribution in [3.8, 4) is 0 Å². The van der Waals surface area contributed by atoms with Gasteiger partial charge in [0, 0.05) is 13.5 Å². The lowest BCUT2D eigenvalue weighted by Gasteiger charge is -2.12. The monoisotopic (exact) mass is 306 g/mol. The summed E-state index contributed by atoms with van der Waals surface area (Å²) in [5.41, 5.74) is 0.729. The molecule has 17 heavy (non-hydrogen) atoms. The van der Waals surface area contributed by atoms with Gasteiger partial charge in [-0.15, -0.1) is 0 Å². The third kappa shape index (κ3) is 5.12. The van der Waals surface area contributed by atoms with Crippen LogP contribution in [0.25, 0.3) is 0 Å². The van der Waals surface area contributed by atoms with Gasteiger partial charge in [0.05, 0.1) is 30.4 Å². The fraction of sp³-hybridized carbons (Fsp3) is 0.500. The Morgan fingerprint density at radius 3 is 2.88 bits per heavy atom. The molecule has 0 radical (unpaired) electrons. The Bertz CT molecular complexity index is 347. The summed E-state index contributed by atoms with van der Waals surface area (Å²) in [7, 11) is 1.59. The molecule has 3 nitrogen and oxygen atoms in total. The number of benzene rings is 1. The van der Waals surface area contributed by atoms with Gasteiger partial charge in [0.1, 0.15) is 5.82 Å². The minimum absolute atomic E-state index is 0.215. The van der Waals surface area contributed by atoms with Crippen molar-refractivity contribution in [2.45, 2.75) is 12.5 Å². The van der Waals surface area contributed by atoms with Crippen LogP contribution in [0.3, 0.4) is 0 Å². The van der Waals surface area contributed by atoms with E-state index in [1.807, 2.05) is 0 Å². The van der Waals surface area contributed by atoms with Crippen molar-refractivity contribution in [1.82, 2.24) is 0 Å². The number of methoxy groups -OCH3 is 1. The molecule has 0 amide bonds. The Kier molecular flexibility index (Phi) is 6.65. The van der Waals surface area contributed by atoms with Gasteiger partial charge < -0.3 is 14.6 Å². The Balaban J connectivity index is 2.39. The summed E-state index contributed by atoms with van der Waals surface area (Å²) in [5.74, 6) is -0.324. The highest BCUT2D eigenvalue weighted by Gasteiger charge is 2.10. The molecule has 0 saturated carbocycles. The highest BCUT2D eigenvalue weighted by atomic mass is 79.9. The largest absolute Gasteiger partial charge is 0.390 e. The second kappa shape index (κ2) is 7.76. The molecule has 0 aromatic heterocycles. The highest BCUT2D eigenvalue weighted by molar-refractivity contribution is 9.10. The third-order valence-electron chi connectivity index (χ3n) is 2.23. The maximum absolute atomic E-state index is 13.2. The SMILES string of the molecule is COCCOCC(O)Cc1cccc(F)c1Br. The van der Waals surface area contributed by atoms with Gasteiger partial charge in [0.25, 0.3) is 0 Å². The molecule has 0 spiro atoms. The van der Waals surface area contributed by atoms with E-state index < -0.39 is 6.10 Å². The lowest BCUT2D eigenvalue weighted by molar-refractivity contribution is 0.0136. The van der Waals surface area contributed by atoms with Crippen molar-refractivity contribution in [2.75, 3.05) is 26.9 Å². The summed E-state index contributed by atoms with van der Waals surface area (Å²) in [6.07, 6.45) is -0.296. The van der Waals surface area contributed by atoms with Crippen LogP contribution in [0.2, 0.25) is 0 Å². The number of hydrogen-bond acceptors (Lipinski definition) is 3. The zero-order chi connectivity index (χ0) is 12.7. The van der Waals surface area contributed by atoms with Crippen LogP contribution in [0.4, 0.5) is 4.39 Å². The second-order valence-corrected chi connectivity index (χ2v) is 4.43. The minimum Gasteiger partial charge on any atom is -0.390 e. The Morgan fingerprint density at radius 2 is 2.18 bits per heavy atom. The van der Waals surface area contributed by atoms with Gasteiger partial charge in [-0.25, -0.2) is 4.39 Å². The summed E-state index contributed by atoms with van der Waals surface area (Å²) in [6.45, 7) is 1.15. The van der Waals surface area contributed by atoms with Crippen LogP contribution in [-0.4, -0.2) is 38.1 Å². The Morgan fingerprint density at radius 1 is 1.41 bits per heavy atom. The molecular formula is C12H16BrFO3. The molecule has 0 fully saturated rings. The molecule has 0 heterocycles. The molecule has 96 valence electrons. The zero-order valence-corrected chi connectivity index (χ0v) is 11.2. The van der Waals surface area contributed by atoms with Crippen molar-refractivity contribution in [2.24, 2.45) is 0 Å². The first-order valence-electron chi connectivity index (χ1n) is 5.32. The van der Waals surface area contributed by atoms with Gasteiger partial charge in [-0.05, 0) is 27.6 Å². The third-order valence-corrected chi connectivity index (χ3v) is 3.12. The first-order chi connectivity index (χ1) is 8.15. The van der Waals surface area contributed by atoms with E-state index in [1.54, 1.807) is 19.2 Å². The highest BCUT2D eigenvalue weighted by Crippen LogP contribution is 2.21. The molecular weight excluding hydrogens is 291 g/mol. The topological polar surface area (TPSA) is 38.7 Å². The number of aliphatic hydroxyl groups excluding tert-OH is 1. The molecule has 0 aliphatic carbocycles. The molecule has 1 N–H and O–H groups in total. The van der Waals surface area contributed by atoms with Crippen molar-refractivity contribution in [3.63, 3.8) is 0 Å². The van der Waals surface area contributed by atoms with Crippen molar-refractivity contribution < 1.29 is 19.0 Å². The lowest BCUT2D eigenvalue weighted by Crippen LogP contribution is -2.20. The predicted octanol–water partition coefficient (Wildman–Crippen LogP) is 2.15. The van der Waals surface area contributed by atoms with Crippen molar-refractivity contribution in [1.29, 1.82) is 0 Å². The molecule has 1 unspecified atom stereocenters. The van der Waals surface area contributed by atoms with Crippen LogP contribution >= 0.6 is 15.9 Å². The smallest absolute Gasteiger partial charge is 0.137 e. The first kappa shape index (κ1) is 14.6. The van der Waals surface area contributed by atoms with E-state index in [2.05, 4.69) is 15.9 Å². The molecule has 1 rings (SSSR count). The van der Waals surface area contributed by atoms with Crippen LogP contribution < -0.4 is 0 Å². The maximum atomic E-state index is 13.2. The van der Waals surface area contributed by atoms with E-state index in [1.165, 1.54) is 6.07 Å². The van der Waals surface area contributed by atoms with Crippen LogP contribution in [0.5, 0.6) is 0 Å². The molecule has 0 aliphatic rings. The first-order valence-corrected chi connectivity index (χ1v) is 6.12. The van der Waals surface area contributed by atoms with Gasteiger partial charge in [-0.3, -0.25) is 0 Å². The van der Waals surface area contributed by atoms with Crippen LogP contribution in [0.1, 0.15) is 5.56 Å². The van der Waals surface area contributed by atoms with Crippen LogP contribution in [-0.2, 0) is 15.9 Å². The van der Waals surface area contributed by atoms with E-state index in [-0.39, 0.29) is 12.4 Å². The van der Waals surface area contributed by atoms with Gasteiger partial charge >= 0.3 is 0 Å². The summed E-state index contributed by atoms with van der Waals surface area (Å²) in [6, 6.07) is 4.76. The number of hydrogen-bond donors (Lipinski definition) is 1. The molecule has 0 saturated heterocycles. The summed E-state index contributed by atoms with van der Waals surface area (Å²) in [4.78, 5) is 0. The van der Waals surface area contributed by atoms with E-state index in [0.717, 1.165) is 5.56 Å². The number of halogens is 2. The summed E-state index contributed by atoms with van der Waals surface area (Å²) < 4.78 is 23.6. The van der Waals surface area contributed by atoms with Gasteiger partial charge in [-0.1, -0.05) is 12.1 Å². The van der Waals surface area contributed by atoms with Gasteiger partial charge in [-0.2, -0.15) is 0 Å². The quantitative estimate of drug-likeness (QED) is 0.785. The van der Waals surface area contributed by atoms with Crippen molar-refractivity contribution in [3.05, 3.63) is 34.1 Å². The molecule has 1 atom stereocenters. The summed E-state index contributed by atoms with van der Waals surface area (Å²) in [5, 5.41) is 9.71. The number of rotatable bonds is 7. The van der Waals surface area contributed by atoms with Crippen LogP contribution in [0, 0.1) is 5.82 Å². The summed E-state index contributed by atoms with van der Waals surface area (Å²) >= 11 is 3.15. The Labute approximate surface area is 109 Å². The molecule has 0 bridgehead atoms. The van der Waals surface area contributed by atoms with Crippen molar-refractivity contribution >= 4 is 15.9 Å². The van der Waals surface area contributed by atoms with E-state index in [9.17, 15) is 9.50 Å². The number of ether oxygens (including phenoxy) is 2. The van der Waals surface area contributed by atoms with E-state index >= 15 is 0 Å². The lowest BCUT2D eigenvalue weighted by atomic mass is 10.1. The maximum Gasteiger partial charge on any atom is 0.137 e. The normalized spacial score (nSPS) is 12.7. The van der Waals surface area contributed by atoms with Gasteiger partial charge in [0.15, 0.2) is 0 Å². The fourth-order valence-electron chi connectivity index (χ4n) is 1.38. The minimum atomic E-state index is -0.648. The molecule has 5 heteroatoms. The predicted molar refractivity (Wildman–Crippen MR) is 66.5 cm³/mol. The standard InChI is InChI=1S/C12H16BrFO3/c1-16-5-6-17-8-10(15)7-9-3-2-4-11(14)12(9)13/h2-4,10,15H,5-8H2,1H3. The second-order valence-electron chi connectivity index (χ2n) is 3.64. The molecule has 0 aliphatic heterocycles. The fourth-order valence-corrected chi connectivity index (χ4v) is 1.81. The van der Waals surface area contributed by atoms with Gasteiger partial charge in [0.2, 0.25) is 0 Å². The molecule has 1 aromatic carbocycles.